The molecule has 0 saturated heterocycles. The van der Waals surface area contributed by atoms with Crippen molar-refractivity contribution in [1.82, 2.24) is 5.32 Å². The highest BCUT2D eigenvalue weighted by atomic mass is 16.4. The molecule has 1 unspecified atom stereocenters. The molecule has 0 heterocycles. The Kier molecular flexibility index (Phi) is 4.98. The third-order valence-electron chi connectivity index (χ3n) is 3.78. The predicted molar refractivity (Wildman–Crippen MR) is 82.1 cm³/mol. The molecule has 3 N–H and O–H groups in total. The predicted octanol–water partition coefficient (Wildman–Crippen LogP) is 3.09. The van der Waals surface area contributed by atoms with Crippen molar-refractivity contribution in [3.8, 4) is 0 Å². The Labute approximate surface area is 124 Å². The van der Waals surface area contributed by atoms with Gasteiger partial charge in [-0.05, 0) is 49.5 Å². The Morgan fingerprint density at radius 1 is 1.38 bits per heavy atom. The van der Waals surface area contributed by atoms with Crippen molar-refractivity contribution in [2.75, 3.05) is 5.32 Å². The summed E-state index contributed by atoms with van der Waals surface area (Å²) in [5.41, 5.74) is 1.36. The smallest absolute Gasteiger partial charge is 0.328 e. The molecule has 21 heavy (non-hydrogen) atoms. The van der Waals surface area contributed by atoms with E-state index in [0.29, 0.717) is 11.6 Å². The lowest BCUT2D eigenvalue weighted by molar-refractivity contribution is -0.131. The van der Waals surface area contributed by atoms with E-state index in [1.165, 1.54) is 25.3 Å². The summed E-state index contributed by atoms with van der Waals surface area (Å²) in [6, 6.07) is 6.99. The number of hydrogen-bond acceptors (Lipinski definition) is 2. The normalized spacial score (nSPS) is 16.2. The maximum absolute atomic E-state index is 11.9. The lowest BCUT2D eigenvalue weighted by atomic mass is 9.80. The maximum atomic E-state index is 11.9. The number of carboxylic acid groups (broad SMARTS) is 1. The van der Waals surface area contributed by atoms with E-state index in [4.69, 9.17) is 5.11 Å². The summed E-state index contributed by atoms with van der Waals surface area (Å²) in [6.07, 6.45) is 6.16. The quantitative estimate of drug-likeness (QED) is 0.728. The molecule has 0 aliphatic heterocycles. The van der Waals surface area contributed by atoms with Gasteiger partial charge in [0.05, 0.1) is 0 Å². The molecule has 1 saturated carbocycles. The van der Waals surface area contributed by atoms with Gasteiger partial charge in [0.25, 0.3) is 0 Å². The summed E-state index contributed by atoms with van der Waals surface area (Å²) >= 11 is 0. The monoisotopic (exact) mass is 288 g/mol. The molecule has 1 aliphatic carbocycles. The summed E-state index contributed by atoms with van der Waals surface area (Å²) in [6.45, 7) is 2.02. The Balaban J connectivity index is 1.90. The van der Waals surface area contributed by atoms with Crippen LogP contribution in [0, 0.1) is 5.92 Å². The zero-order chi connectivity index (χ0) is 15.2. The third kappa shape index (κ3) is 4.63. The Bertz CT molecular complexity index is 550. The summed E-state index contributed by atoms with van der Waals surface area (Å²) in [4.78, 5) is 22.4. The molecule has 112 valence electrons. The van der Waals surface area contributed by atoms with Crippen LogP contribution in [0.2, 0.25) is 0 Å². The van der Waals surface area contributed by atoms with E-state index in [-0.39, 0.29) is 12.1 Å². The SMILES string of the molecule is CC(NC(=O)Nc1cccc(/C=C/C(=O)O)c1)C1CCC1. The van der Waals surface area contributed by atoms with Crippen LogP contribution in [0.5, 0.6) is 0 Å². The Hall–Kier alpha value is -2.30. The summed E-state index contributed by atoms with van der Waals surface area (Å²) in [5, 5.41) is 14.3. The number of aliphatic carboxylic acids is 1. The van der Waals surface area contributed by atoms with Gasteiger partial charge in [-0.15, -0.1) is 0 Å². The van der Waals surface area contributed by atoms with Crippen LogP contribution in [0.3, 0.4) is 0 Å². The Morgan fingerprint density at radius 2 is 2.14 bits per heavy atom. The molecule has 5 heteroatoms. The van der Waals surface area contributed by atoms with Crippen molar-refractivity contribution in [2.24, 2.45) is 5.92 Å². The van der Waals surface area contributed by atoms with E-state index in [0.717, 1.165) is 11.6 Å². The van der Waals surface area contributed by atoms with Gasteiger partial charge < -0.3 is 15.7 Å². The second-order valence-electron chi connectivity index (χ2n) is 5.38. The minimum Gasteiger partial charge on any atom is -0.478 e. The number of nitrogens with one attached hydrogen (secondary N) is 2. The largest absolute Gasteiger partial charge is 0.478 e. The number of benzene rings is 1. The van der Waals surface area contributed by atoms with Crippen LogP contribution in [0.1, 0.15) is 31.7 Å². The molecule has 0 aromatic heterocycles. The van der Waals surface area contributed by atoms with Crippen molar-refractivity contribution in [2.45, 2.75) is 32.2 Å². The van der Waals surface area contributed by atoms with Gasteiger partial charge >= 0.3 is 12.0 Å². The summed E-state index contributed by atoms with van der Waals surface area (Å²) in [7, 11) is 0. The van der Waals surface area contributed by atoms with Crippen LogP contribution < -0.4 is 10.6 Å². The van der Waals surface area contributed by atoms with E-state index in [1.807, 2.05) is 6.92 Å². The van der Waals surface area contributed by atoms with Gasteiger partial charge in [-0.1, -0.05) is 18.6 Å². The number of anilines is 1. The van der Waals surface area contributed by atoms with E-state index >= 15 is 0 Å². The number of amides is 2. The van der Waals surface area contributed by atoms with Crippen LogP contribution in [0.4, 0.5) is 10.5 Å². The lowest BCUT2D eigenvalue weighted by Crippen LogP contribution is -2.42. The van der Waals surface area contributed by atoms with Gasteiger partial charge in [-0.2, -0.15) is 0 Å². The van der Waals surface area contributed by atoms with Gasteiger partial charge in [-0.3, -0.25) is 0 Å². The number of hydrogen-bond donors (Lipinski definition) is 3. The second kappa shape index (κ2) is 6.92. The molecular weight excluding hydrogens is 268 g/mol. The number of carboxylic acids is 1. The van der Waals surface area contributed by atoms with Gasteiger partial charge in [0.1, 0.15) is 0 Å². The van der Waals surface area contributed by atoms with Crippen molar-refractivity contribution < 1.29 is 14.7 Å². The number of carbonyl (C=O) groups excluding carboxylic acids is 1. The maximum Gasteiger partial charge on any atom is 0.328 e. The number of carbonyl (C=O) groups is 2. The molecule has 1 aromatic carbocycles. The third-order valence-corrected chi connectivity index (χ3v) is 3.78. The van der Waals surface area contributed by atoms with Crippen LogP contribution in [0.15, 0.2) is 30.3 Å². The van der Waals surface area contributed by atoms with Gasteiger partial charge in [-0.25, -0.2) is 9.59 Å². The summed E-state index contributed by atoms with van der Waals surface area (Å²) < 4.78 is 0. The molecular formula is C16H20N2O3. The molecule has 2 rings (SSSR count). The second-order valence-corrected chi connectivity index (χ2v) is 5.38. The van der Waals surface area contributed by atoms with Gasteiger partial charge in [0.2, 0.25) is 0 Å². The zero-order valence-corrected chi connectivity index (χ0v) is 12.0. The molecule has 0 radical (unpaired) electrons. The first-order valence-electron chi connectivity index (χ1n) is 7.13. The zero-order valence-electron chi connectivity index (χ0n) is 12.0. The molecule has 1 fully saturated rings. The standard InChI is InChI=1S/C16H20N2O3/c1-11(13-5-3-6-13)17-16(21)18-14-7-2-4-12(10-14)8-9-15(19)20/h2,4,7-11,13H,3,5-6H2,1H3,(H,19,20)(H2,17,18,21)/b9-8+. The Morgan fingerprint density at radius 3 is 2.76 bits per heavy atom. The first-order chi connectivity index (χ1) is 10.0. The number of urea groups is 1. The lowest BCUT2D eigenvalue weighted by Gasteiger charge is -2.31. The fraction of sp³-hybridized carbons (Fsp3) is 0.375. The minimum absolute atomic E-state index is 0.175. The van der Waals surface area contributed by atoms with Crippen LogP contribution in [-0.2, 0) is 4.79 Å². The molecule has 0 bridgehead atoms. The van der Waals surface area contributed by atoms with Crippen molar-refractivity contribution in [1.29, 1.82) is 0 Å². The van der Waals surface area contributed by atoms with Gasteiger partial charge in [0.15, 0.2) is 0 Å². The average molecular weight is 288 g/mol. The molecule has 1 atom stereocenters. The first kappa shape index (κ1) is 15.1. The van der Waals surface area contributed by atoms with E-state index < -0.39 is 5.97 Å². The topological polar surface area (TPSA) is 78.4 Å². The van der Waals surface area contributed by atoms with Crippen molar-refractivity contribution in [3.63, 3.8) is 0 Å². The molecule has 0 spiro atoms. The average Bonchev–Trinajstić information content (AvgIpc) is 2.34. The van der Waals surface area contributed by atoms with Crippen molar-refractivity contribution in [3.05, 3.63) is 35.9 Å². The molecule has 5 nitrogen and oxygen atoms in total. The fourth-order valence-corrected chi connectivity index (χ4v) is 2.32. The molecule has 1 aromatic rings. The highest BCUT2D eigenvalue weighted by Gasteiger charge is 2.24. The molecule has 1 aliphatic rings. The van der Waals surface area contributed by atoms with E-state index in [2.05, 4.69) is 10.6 Å². The number of rotatable bonds is 5. The van der Waals surface area contributed by atoms with E-state index in [1.54, 1.807) is 24.3 Å². The summed E-state index contributed by atoms with van der Waals surface area (Å²) in [5.74, 6) is -0.416. The van der Waals surface area contributed by atoms with Crippen molar-refractivity contribution >= 4 is 23.8 Å². The van der Waals surface area contributed by atoms with Crippen LogP contribution in [0.25, 0.3) is 6.08 Å². The molecule has 2 amide bonds. The van der Waals surface area contributed by atoms with Crippen LogP contribution >= 0.6 is 0 Å². The minimum atomic E-state index is -1.000. The van der Waals surface area contributed by atoms with E-state index in [9.17, 15) is 9.59 Å². The highest BCUT2D eigenvalue weighted by Crippen LogP contribution is 2.29. The first-order valence-corrected chi connectivity index (χ1v) is 7.13. The van der Waals surface area contributed by atoms with Gasteiger partial charge in [0, 0.05) is 17.8 Å². The highest BCUT2D eigenvalue weighted by molar-refractivity contribution is 5.90. The fourth-order valence-electron chi connectivity index (χ4n) is 2.32. The van der Waals surface area contributed by atoms with Crippen LogP contribution in [-0.4, -0.2) is 23.1 Å².